The molecule has 0 amide bonds. The summed E-state index contributed by atoms with van der Waals surface area (Å²) < 4.78 is 10.8. The van der Waals surface area contributed by atoms with Crippen LogP contribution in [0.3, 0.4) is 0 Å². The fraction of sp³-hybridized carbons (Fsp3) is 0.276. The third-order valence-corrected chi connectivity index (χ3v) is 6.55. The summed E-state index contributed by atoms with van der Waals surface area (Å²) in [6.45, 7) is 11.3. The summed E-state index contributed by atoms with van der Waals surface area (Å²) in [7, 11) is 2.13. The lowest BCUT2D eigenvalue weighted by Gasteiger charge is -2.18. The Kier molecular flexibility index (Phi) is 4.93. The van der Waals surface area contributed by atoms with E-state index in [0.29, 0.717) is 11.8 Å². The molecule has 0 N–H and O–H groups in total. The molecule has 0 aliphatic carbocycles. The lowest BCUT2D eigenvalue weighted by molar-refractivity contribution is -0.659. The second-order valence-electron chi connectivity index (χ2n) is 9.46. The van der Waals surface area contributed by atoms with E-state index in [1.54, 1.807) is 0 Å². The number of para-hydroxylation sites is 2. The van der Waals surface area contributed by atoms with Crippen molar-refractivity contribution in [2.75, 3.05) is 0 Å². The Labute approximate surface area is 189 Å². The van der Waals surface area contributed by atoms with Gasteiger partial charge in [0.1, 0.15) is 29.2 Å². The molecule has 5 aromatic rings. The number of hydrogen-bond acceptors (Lipinski definition) is 1. The van der Waals surface area contributed by atoms with Gasteiger partial charge in [0, 0.05) is 21.9 Å². The van der Waals surface area contributed by atoms with Crippen molar-refractivity contribution >= 4 is 21.9 Å². The quantitative estimate of drug-likeness (QED) is 0.276. The van der Waals surface area contributed by atoms with Gasteiger partial charge in [-0.3, -0.25) is 0 Å². The van der Waals surface area contributed by atoms with Crippen molar-refractivity contribution in [3.63, 3.8) is 0 Å². The van der Waals surface area contributed by atoms with E-state index >= 15 is 0 Å². The highest BCUT2D eigenvalue weighted by Crippen LogP contribution is 2.37. The molecule has 0 atom stereocenters. The predicted molar refractivity (Wildman–Crippen MR) is 133 cm³/mol. The van der Waals surface area contributed by atoms with E-state index in [1.807, 2.05) is 12.1 Å². The molecular formula is C29H31N2O+. The zero-order valence-electron chi connectivity index (χ0n) is 19.8. The molecule has 0 saturated heterocycles. The Bertz CT molecular complexity index is 1420. The van der Waals surface area contributed by atoms with Gasteiger partial charge in [-0.05, 0) is 42.5 Å². The van der Waals surface area contributed by atoms with Crippen LogP contribution in [0.5, 0.6) is 0 Å². The number of furan rings is 1. The molecule has 0 aliphatic heterocycles. The Morgan fingerprint density at radius 2 is 1.50 bits per heavy atom. The second-order valence-corrected chi connectivity index (χ2v) is 9.46. The first-order valence-corrected chi connectivity index (χ1v) is 11.5. The van der Waals surface area contributed by atoms with Crippen LogP contribution < -0.4 is 4.57 Å². The number of aryl methyl sites for hydroxylation is 2. The number of benzene rings is 3. The van der Waals surface area contributed by atoms with Gasteiger partial charge in [-0.15, -0.1) is 0 Å². The van der Waals surface area contributed by atoms with Crippen LogP contribution >= 0.6 is 0 Å². The average molecular weight is 424 g/mol. The number of hydrogen-bond donors (Lipinski definition) is 0. The summed E-state index contributed by atoms with van der Waals surface area (Å²) in [6.07, 6.45) is 4.37. The molecule has 0 spiro atoms. The predicted octanol–water partition coefficient (Wildman–Crippen LogP) is 7.42. The van der Waals surface area contributed by atoms with Gasteiger partial charge in [0.15, 0.2) is 0 Å². The normalized spacial score (nSPS) is 12.0. The van der Waals surface area contributed by atoms with E-state index in [1.165, 1.54) is 33.8 Å². The Balaban J connectivity index is 1.83. The molecular weight excluding hydrogens is 392 g/mol. The summed E-state index contributed by atoms with van der Waals surface area (Å²) in [4.78, 5) is 0. The summed E-state index contributed by atoms with van der Waals surface area (Å²) >= 11 is 0. The molecule has 3 aromatic carbocycles. The van der Waals surface area contributed by atoms with Gasteiger partial charge in [0.25, 0.3) is 5.82 Å². The highest BCUT2D eigenvalue weighted by atomic mass is 16.3. The smallest absolute Gasteiger partial charge is 0.294 e. The van der Waals surface area contributed by atoms with Gasteiger partial charge >= 0.3 is 0 Å². The first-order valence-electron chi connectivity index (χ1n) is 11.5. The minimum absolute atomic E-state index is 0.436. The van der Waals surface area contributed by atoms with E-state index in [4.69, 9.17) is 4.42 Å². The molecule has 0 bridgehead atoms. The van der Waals surface area contributed by atoms with Crippen LogP contribution in [0.25, 0.3) is 39.0 Å². The molecule has 3 nitrogen and oxygen atoms in total. The zero-order chi connectivity index (χ0) is 22.6. The van der Waals surface area contributed by atoms with Crippen LogP contribution in [-0.4, -0.2) is 4.57 Å². The molecule has 0 saturated carbocycles. The van der Waals surface area contributed by atoms with Crippen LogP contribution in [0.2, 0.25) is 0 Å². The monoisotopic (exact) mass is 423 g/mol. The van der Waals surface area contributed by atoms with Crippen LogP contribution in [0.4, 0.5) is 0 Å². The Morgan fingerprint density at radius 3 is 2.19 bits per heavy atom. The molecule has 2 heterocycles. The maximum Gasteiger partial charge on any atom is 0.294 e. The van der Waals surface area contributed by atoms with Gasteiger partial charge in [-0.1, -0.05) is 64.1 Å². The van der Waals surface area contributed by atoms with E-state index in [9.17, 15) is 0 Å². The second kappa shape index (κ2) is 7.67. The van der Waals surface area contributed by atoms with Crippen molar-refractivity contribution in [1.29, 1.82) is 0 Å². The summed E-state index contributed by atoms with van der Waals surface area (Å²) in [5.74, 6) is 2.06. The van der Waals surface area contributed by atoms with Gasteiger partial charge in [-0.2, -0.15) is 4.57 Å². The molecule has 32 heavy (non-hydrogen) atoms. The third-order valence-electron chi connectivity index (χ3n) is 6.55. The standard InChI is InChI=1S/C29H31N2O/c1-18(2)21-11-9-12-22(19(3)4)28(21)31-15-14-30(6)29(31)24-17-25-23-10-7-8-13-26(23)32-27(25)16-20(24)5/h7-19H,1-6H3/q+1. The number of nitrogens with zero attached hydrogens (tertiary/aromatic N) is 2. The summed E-state index contributed by atoms with van der Waals surface area (Å²) in [5.41, 5.74) is 8.38. The molecule has 0 radical (unpaired) electrons. The van der Waals surface area contributed by atoms with Crippen molar-refractivity contribution in [2.45, 2.75) is 46.5 Å². The fourth-order valence-electron chi connectivity index (χ4n) is 4.88. The fourth-order valence-corrected chi connectivity index (χ4v) is 4.88. The van der Waals surface area contributed by atoms with Gasteiger partial charge in [-0.25, -0.2) is 4.57 Å². The number of rotatable bonds is 4. The minimum atomic E-state index is 0.436. The number of aromatic nitrogens is 2. The molecule has 0 fully saturated rings. The molecule has 162 valence electrons. The van der Waals surface area contributed by atoms with Gasteiger partial charge in [0.05, 0.1) is 12.6 Å². The van der Waals surface area contributed by atoms with E-state index in [0.717, 1.165) is 21.9 Å². The molecule has 5 rings (SSSR count). The zero-order valence-corrected chi connectivity index (χ0v) is 19.8. The maximum atomic E-state index is 6.14. The summed E-state index contributed by atoms with van der Waals surface area (Å²) in [6, 6.07) is 19.5. The Hall–Kier alpha value is -3.33. The SMILES string of the molecule is Cc1cc2oc3ccccc3c2cc1-c1n(-c2c(C(C)C)cccc2C(C)C)cc[n+]1C. The van der Waals surface area contributed by atoms with Gasteiger partial charge in [0.2, 0.25) is 0 Å². The van der Waals surface area contributed by atoms with E-state index < -0.39 is 0 Å². The van der Waals surface area contributed by atoms with Crippen LogP contribution in [0, 0.1) is 6.92 Å². The number of imidazole rings is 1. The van der Waals surface area contributed by atoms with Crippen LogP contribution in [-0.2, 0) is 7.05 Å². The van der Waals surface area contributed by atoms with Crippen molar-refractivity contribution < 1.29 is 8.98 Å². The first-order chi connectivity index (χ1) is 15.4. The highest BCUT2D eigenvalue weighted by molar-refractivity contribution is 6.06. The van der Waals surface area contributed by atoms with E-state index in [-0.39, 0.29) is 0 Å². The van der Waals surface area contributed by atoms with E-state index in [2.05, 4.69) is 106 Å². The largest absolute Gasteiger partial charge is 0.456 e. The van der Waals surface area contributed by atoms with Crippen molar-refractivity contribution in [2.24, 2.45) is 7.05 Å². The summed E-state index contributed by atoms with van der Waals surface area (Å²) in [5, 5.41) is 2.32. The molecule has 3 heteroatoms. The maximum absolute atomic E-state index is 6.14. The van der Waals surface area contributed by atoms with Crippen LogP contribution in [0.15, 0.2) is 71.4 Å². The van der Waals surface area contributed by atoms with Crippen molar-refractivity contribution in [3.05, 3.63) is 83.7 Å². The lowest BCUT2D eigenvalue weighted by Crippen LogP contribution is -2.29. The number of fused-ring (bicyclic) bond motifs is 3. The lowest BCUT2D eigenvalue weighted by atomic mass is 9.92. The molecule has 2 aromatic heterocycles. The average Bonchev–Trinajstić information content (AvgIpc) is 3.32. The highest BCUT2D eigenvalue weighted by Gasteiger charge is 2.27. The third kappa shape index (κ3) is 3.15. The van der Waals surface area contributed by atoms with Gasteiger partial charge < -0.3 is 4.42 Å². The molecule has 0 aliphatic rings. The van der Waals surface area contributed by atoms with Crippen molar-refractivity contribution in [1.82, 2.24) is 4.57 Å². The minimum Gasteiger partial charge on any atom is -0.456 e. The molecule has 0 unspecified atom stereocenters. The first kappa shape index (κ1) is 20.6. The van der Waals surface area contributed by atoms with Crippen molar-refractivity contribution in [3.8, 4) is 17.1 Å². The topological polar surface area (TPSA) is 21.9 Å². The Morgan fingerprint density at radius 1 is 0.812 bits per heavy atom. The van der Waals surface area contributed by atoms with Crippen LogP contribution in [0.1, 0.15) is 56.2 Å².